The summed E-state index contributed by atoms with van der Waals surface area (Å²) >= 11 is 0. The van der Waals surface area contributed by atoms with Crippen molar-refractivity contribution < 1.29 is 0 Å². The molecule has 0 spiro atoms. The predicted molar refractivity (Wildman–Crippen MR) is 67.6 cm³/mol. The van der Waals surface area contributed by atoms with Crippen molar-refractivity contribution in [3.05, 3.63) is 35.3 Å². The summed E-state index contributed by atoms with van der Waals surface area (Å²) in [6, 6.07) is 0. The number of nitrogens with one attached hydrogen (secondary N) is 1. The fraction of sp³-hybridized carbons (Fsp3) is 0.417. The van der Waals surface area contributed by atoms with Crippen LogP contribution in [0.4, 0.5) is 0 Å². The molecule has 84 valence electrons. The number of likely N-dealkylation sites (N-methyl/N-ethyl adjacent to an activating group) is 1. The second kappa shape index (κ2) is 6.87. The van der Waals surface area contributed by atoms with Gasteiger partial charge in [-0.3, -0.25) is 4.99 Å². The normalized spacial score (nSPS) is 13.1. The van der Waals surface area contributed by atoms with Gasteiger partial charge in [0, 0.05) is 18.9 Å². The van der Waals surface area contributed by atoms with Crippen LogP contribution in [-0.2, 0) is 0 Å². The average Bonchev–Trinajstić information content (AvgIpc) is 2.26. The maximum absolute atomic E-state index is 5.51. The van der Waals surface area contributed by atoms with Gasteiger partial charge < -0.3 is 11.1 Å². The van der Waals surface area contributed by atoms with Crippen molar-refractivity contribution in [2.45, 2.75) is 26.7 Å². The van der Waals surface area contributed by atoms with Crippen molar-refractivity contribution in [3.8, 4) is 0 Å². The van der Waals surface area contributed by atoms with Crippen LogP contribution in [0.15, 0.2) is 40.3 Å². The van der Waals surface area contributed by atoms with E-state index in [1.165, 1.54) is 6.20 Å². The van der Waals surface area contributed by atoms with E-state index in [2.05, 4.69) is 30.5 Å². The van der Waals surface area contributed by atoms with Gasteiger partial charge in [0.05, 0.1) is 5.70 Å². The second-order valence-electron chi connectivity index (χ2n) is 3.28. The van der Waals surface area contributed by atoms with E-state index in [0.717, 1.165) is 35.4 Å². The maximum atomic E-state index is 5.51. The zero-order valence-corrected chi connectivity index (χ0v) is 9.93. The van der Waals surface area contributed by atoms with Crippen LogP contribution in [0.25, 0.3) is 0 Å². The van der Waals surface area contributed by atoms with E-state index >= 15 is 0 Å². The average molecular weight is 207 g/mol. The predicted octanol–water partition coefficient (Wildman–Crippen LogP) is 2.34. The molecule has 15 heavy (non-hydrogen) atoms. The molecule has 0 radical (unpaired) electrons. The van der Waals surface area contributed by atoms with Crippen LogP contribution in [-0.4, -0.2) is 13.8 Å². The van der Waals surface area contributed by atoms with Gasteiger partial charge in [0.25, 0.3) is 0 Å². The van der Waals surface area contributed by atoms with Gasteiger partial charge in [-0.1, -0.05) is 19.9 Å². The van der Waals surface area contributed by atoms with Gasteiger partial charge in [0.2, 0.25) is 0 Å². The van der Waals surface area contributed by atoms with Crippen molar-refractivity contribution in [2.24, 2.45) is 10.7 Å². The Morgan fingerprint density at radius 2 is 2.13 bits per heavy atom. The molecule has 3 N–H and O–H groups in total. The summed E-state index contributed by atoms with van der Waals surface area (Å²) in [5, 5.41) is 3.01. The van der Waals surface area contributed by atoms with Crippen LogP contribution in [0, 0.1) is 0 Å². The van der Waals surface area contributed by atoms with Crippen LogP contribution >= 0.6 is 0 Å². The van der Waals surface area contributed by atoms with Crippen LogP contribution < -0.4 is 11.1 Å². The van der Waals surface area contributed by atoms with Gasteiger partial charge in [-0.15, -0.1) is 0 Å². The third kappa shape index (κ3) is 3.62. The maximum Gasteiger partial charge on any atom is 0.0566 e. The highest BCUT2D eigenvalue weighted by Gasteiger charge is 2.09. The van der Waals surface area contributed by atoms with E-state index in [1.807, 2.05) is 14.0 Å². The number of hydrogen-bond donors (Lipinski definition) is 2. The van der Waals surface area contributed by atoms with Gasteiger partial charge in [-0.05, 0) is 31.2 Å². The molecule has 0 aromatic rings. The van der Waals surface area contributed by atoms with Gasteiger partial charge in [0.15, 0.2) is 0 Å². The summed E-state index contributed by atoms with van der Waals surface area (Å²) in [7, 11) is 1.82. The third-order valence-electron chi connectivity index (χ3n) is 2.30. The lowest BCUT2D eigenvalue weighted by Gasteiger charge is -2.14. The minimum atomic E-state index is 0.835. The molecule has 0 aliphatic heterocycles. The number of rotatable bonds is 6. The molecule has 0 rings (SSSR count). The highest BCUT2D eigenvalue weighted by atomic mass is 14.8. The minimum absolute atomic E-state index is 0.835. The van der Waals surface area contributed by atoms with Crippen LogP contribution in [0.1, 0.15) is 26.7 Å². The molecule has 0 saturated heterocycles. The summed E-state index contributed by atoms with van der Waals surface area (Å²) in [5.74, 6) is 0. The molecule has 0 atom stereocenters. The minimum Gasteiger partial charge on any atom is -0.403 e. The molecule has 0 fully saturated rings. The van der Waals surface area contributed by atoms with Crippen LogP contribution in [0.3, 0.4) is 0 Å². The van der Waals surface area contributed by atoms with Gasteiger partial charge in [-0.2, -0.15) is 0 Å². The molecule has 0 aromatic carbocycles. The number of hydrogen-bond acceptors (Lipinski definition) is 3. The molecule has 3 nitrogen and oxygen atoms in total. The van der Waals surface area contributed by atoms with Crippen molar-refractivity contribution in [2.75, 3.05) is 7.05 Å². The number of allylic oxidation sites excluding steroid dienone is 2. The second-order valence-corrected chi connectivity index (χ2v) is 3.28. The number of aliphatic imine (C=N–C) groups is 1. The smallest absolute Gasteiger partial charge is 0.0566 e. The van der Waals surface area contributed by atoms with E-state index in [-0.39, 0.29) is 0 Å². The molecule has 0 aromatic heterocycles. The van der Waals surface area contributed by atoms with Gasteiger partial charge in [0.1, 0.15) is 0 Å². The van der Waals surface area contributed by atoms with Gasteiger partial charge in [-0.25, -0.2) is 0 Å². The largest absolute Gasteiger partial charge is 0.403 e. The first kappa shape index (κ1) is 13.5. The lowest BCUT2D eigenvalue weighted by molar-refractivity contribution is 0.880. The van der Waals surface area contributed by atoms with Gasteiger partial charge >= 0.3 is 0 Å². The van der Waals surface area contributed by atoms with E-state index in [0.29, 0.717) is 0 Å². The Balaban J connectivity index is 5.11. The molecular formula is C12H21N3. The summed E-state index contributed by atoms with van der Waals surface area (Å²) < 4.78 is 0. The molecule has 0 heterocycles. The Morgan fingerprint density at radius 1 is 1.53 bits per heavy atom. The highest BCUT2D eigenvalue weighted by molar-refractivity contribution is 5.46. The zero-order chi connectivity index (χ0) is 11.8. The Morgan fingerprint density at radius 3 is 2.47 bits per heavy atom. The zero-order valence-electron chi connectivity index (χ0n) is 9.93. The summed E-state index contributed by atoms with van der Waals surface area (Å²) in [4.78, 5) is 3.95. The highest BCUT2D eigenvalue weighted by Crippen LogP contribution is 2.23. The van der Waals surface area contributed by atoms with Crippen LogP contribution in [0.2, 0.25) is 0 Å². The molecule has 0 aliphatic rings. The molecule has 3 heteroatoms. The standard InChI is InChI=1S/C12H21N3/c1-6-7-11(10(3)14-4)9(2)12(8-13)15-5/h8,15H,2,4,6-7,13H2,1,3,5H3/b11-10+,12-8-. The Kier molecular flexibility index (Phi) is 6.18. The molecular weight excluding hydrogens is 186 g/mol. The fourth-order valence-electron chi connectivity index (χ4n) is 1.39. The SMILES string of the molecule is C=N/C(C)=C(\CCC)C(=C)/C(=C/N)NC. The summed E-state index contributed by atoms with van der Waals surface area (Å²) in [6.07, 6.45) is 3.50. The molecule has 0 saturated carbocycles. The number of nitrogens with zero attached hydrogens (tertiary/aromatic N) is 1. The van der Waals surface area contributed by atoms with E-state index in [1.54, 1.807) is 0 Å². The molecule has 0 bridgehead atoms. The fourth-order valence-corrected chi connectivity index (χ4v) is 1.39. The molecule has 0 amide bonds. The lowest BCUT2D eigenvalue weighted by atomic mass is 9.98. The Labute approximate surface area is 92.5 Å². The van der Waals surface area contributed by atoms with Crippen LogP contribution in [0.5, 0.6) is 0 Å². The Hall–Kier alpha value is -1.51. The molecule has 0 aliphatic carbocycles. The summed E-state index contributed by atoms with van der Waals surface area (Å²) in [5.41, 5.74) is 9.26. The van der Waals surface area contributed by atoms with Crippen molar-refractivity contribution in [1.82, 2.24) is 5.32 Å². The quantitative estimate of drug-likeness (QED) is 0.519. The van der Waals surface area contributed by atoms with Crippen molar-refractivity contribution in [1.29, 1.82) is 0 Å². The molecule has 0 unspecified atom stereocenters. The number of nitrogens with two attached hydrogens (primary N) is 1. The lowest BCUT2D eigenvalue weighted by Crippen LogP contribution is -2.12. The van der Waals surface area contributed by atoms with E-state index < -0.39 is 0 Å². The first-order chi connectivity index (χ1) is 7.12. The van der Waals surface area contributed by atoms with E-state index in [9.17, 15) is 0 Å². The van der Waals surface area contributed by atoms with Crippen molar-refractivity contribution >= 4 is 6.72 Å². The first-order valence-electron chi connectivity index (χ1n) is 5.08. The monoisotopic (exact) mass is 207 g/mol. The van der Waals surface area contributed by atoms with E-state index in [4.69, 9.17) is 5.73 Å². The first-order valence-corrected chi connectivity index (χ1v) is 5.08. The summed E-state index contributed by atoms with van der Waals surface area (Å²) in [6.45, 7) is 11.6. The Bertz CT molecular complexity index is 298. The third-order valence-corrected chi connectivity index (χ3v) is 2.30. The topological polar surface area (TPSA) is 50.4 Å². The van der Waals surface area contributed by atoms with Crippen molar-refractivity contribution in [3.63, 3.8) is 0 Å².